The Kier molecular flexibility index (Phi) is 6.36. The van der Waals surface area contributed by atoms with Gasteiger partial charge in [-0.15, -0.1) is 0 Å². The quantitative estimate of drug-likeness (QED) is 0.710. The maximum absolute atomic E-state index is 13.2. The fraction of sp³-hybridized carbons (Fsp3) is 0.636. The van der Waals surface area contributed by atoms with Gasteiger partial charge in [0.05, 0.1) is 0 Å². The van der Waals surface area contributed by atoms with Crippen LogP contribution in [0.2, 0.25) is 0 Å². The van der Waals surface area contributed by atoms with E-state index in [1.807, 2.05) is 29.2 Å². The lowest BCUT2D eigenvalue weighted by atomic mass is 9.94. The SMILES string of the molecule is O=C(c1ccc(Br)cc1)N1CCC(C(=O)N2CCCC2CN2CCCC2)CC1. The average Bonchev–Trinajstić information content (AvgIpc) is 3.40. The zero-order chi connectivity index (χ0) is 19.5. The summed E-state index contributed by atoms with van der Waals surface area (Å²) < 4.78 is 0.974. The number of hydrogen-bond donors (Lipinski definition) is 0. The van der Waals surface area contributed by atoms with Crippen LogP contribution in [0.1, 0.15) is 48.9 Å². The Balaban J connectivity index is 1.30. The summed E-state index contributed by atoms with van der Waals surface area (Å²) in [5.41, 5.74) is 0.721. The van der Waals surface area contributed by atoms with Crippen LogP contribution in [0.25, 0.3) is 0 Å². The minimum Gasteiger partial charge on any atom is -0.339 e. The van der Waals surface area contributed by atoms with Gasteiger partial charge in [-0.3, -0.25) is 9.59 Å². The van der Waals surface area contributed by atoms with E-state index in [4.69, 9.17) is 0 Å². The molecule has 152 valence electrons. The molecule has 2 amide bonds. The molecule has 3 heterocycles. The van der Waals surface area contributed by atoms with Gasteiger partial charge in [-0.1, -0.05) is 15.9 Å². The molecule has 3 fully saturated rings. The molecular weight excluding hydrogens is 418 g/mol. The van der Waals surface area contributed by atoms with Crippen LogP contribution in [0.5, 0.6) is 0 Å². The van der Waals surface area contributed by atoms with Gasteiger partial charge < -0.3 is 14.7 Å². The highest BCUT2D eigenvalue weighted by molar-refractivity contribution is 9.10. The summed E-state index contributed by atoms with van der Waals surface area (Å²) >= 11 is 3.41. The maximum Gasteiger partial charge on any atom is 0.253 e. The van der Waals surface area contributed by atoms with E-state index in [2.05, 4.69) is 25.7 Å². The smallest absolute Gasteiger partial charge is 0.253 e. The van der Waals surface area contributed by atoms with Gasteiger partial charge in [0.1, 0.15) is 0 Å². The normalized spacial score (nSPS) is 24.1. The molecule has 28 heavy (non-hydrogen) atoms. The standard InChI is InChI=1S/C22H30BrN3O2/c23-19-7-5-17(6-8-19)21(27)25-14-9-18(10-15-25)22(28)26-13-3-4-20(26)16-24-11-1-2-12-24/h5-8,18,20H,1-4,9-16H2. The van der Waals surface area contributed by atoms with E-state index in [-0.39, 0.29) is 11.8 Å². The van der Waals surface area contributed by atoms with E-state index < -0.39 is 0 Å². The van der Waals surface area contributed by atoms with E-state index >= 15 is 0 Å². The van der Waals surface area contributed by atoms with Crippen molar-refractivity contribution in [2.75, 3.05) is 39.3 Å². The molecule has 0 aliphatic carbocycles. The van der Waals surface area contributed by atoms with Crippen LogP contribution in [0.15, 0.2) is 28.7 Å². The number of amides is 2. The van der Waals surface area contributed by atoms with Crippen molar-refractivity contribution < 1.29 is 9.59 Å². The molecule has 3 aliphatic rings. The second-order valence-corrected chi connectivity index (χ2v) is 9.32. The Hall–Kier alpha value is -1.40. The number of rotatable bonds is 4. The summed E-state index contributed by atoms with van der Waals surface area (Å²) in [7, 11) is 0. The number of nitrogens with zero attached hydrogens (tertiary/aromatic N) is 3. The molecule has 1 aromatic carbocycles. The second-order valence-electron chi connectivity index (χ2n) is 8.41. The molecule has 3 aliphatic heterocycles. The lowest BCUT2D eigenvalue weighted by Crippen LogP contribution is -2.48. The number of halogens is 1. The number of likely N-dealkylation sites (tertiary alicyclic amines) is 3. The highest BCUT2D eigenvalue weighted by Crippen LogP contribution is 2.27. The summed E-state index contributed by atoms with van der Waals surface area (Å²) in [5.74, 6) is 0.483. The van der Waals surface area contributed by atoms with Crippen molar-refractivity contribution in [3.05, 3.63) is 34.3 Å². The lowest BCUT2D eigenvalue weighted by molar-refractivity contribution is -0.138. The molecule has 1 atom stereocenters. The van der Waals surface area contributed by atoms with E-state index in [1.54, 1.807) is 0 Å². The highest BCUT2D eigenvalue weighted by Gasteiger charge is 2.36. The summed E-state index contributed by atoms with van der Waals surface area (Å²) in [4.78, 5) is 32.5. The molecule has 0 N–H and O–H groups in total. The van der Waals surface area contributed by atoms with Gasteiger partial charge >= 0.3 is 0 Å². The minimum absolute atomic E-state index is 0.0754. The molecule has 4 rings (SSSR count). The lowest BCUT2D eigenvalue weighted by Gasteiger charge is -2.35. The van der Waals surface area contributed by atoms with Crippen molar-refractivity contribution in [2.45, 2.75) is 44.6 Å². The predicted octanol–water partition coefficient (Wildman–Crippen LogP) is 3.39. The highest BCUT2D eigenvalue weighted by atomic mass is 79.9. The Bertz CT molecular complexity index is 694. The minimum atomic E-state index is 0.0754. The number of carbonyl (C=O) groups excluding carboxylic acids is 2. The monoisotopic (exact) mass is 447 g/mol. The topological polar surface area (TPSA) is 43.9 Å². The van der Waals surface area contributed by atoms with Crippen LogP contribution in [-0.2, 0) is 4.79 Å². The largest absolute Gasteiger partial charge is 0.339 e. The summed E-state index contributed by atoms with van der Waals surface area (Å²) in [6.45, 7) is 5.69. The van der Waals surface area contributed by atoms with Crippen LogP contribution in [0.3, 0.4) is 0 Å². The van der Waals surface area contributed by atoms with Crippen molar-refractivity contribution in [1.29, 1.82) is 0 Å². The number of carbonyl (C=O) groups is 2. The molecule has 0 spiro atoms. The number of piperidine rings is 1. The molecule has 6 heteroatoms. The molecule has 1 aromatic rings. The Labute approximate surface area is 176 Å². The van der Waals surface area contributed by atoms with Gasteiger partial charge in [-0.2, -0.15) is 0 Å². The van der Waals surface area contributed by atoms with Gasteiger partial charge in [0.25, 0.3) is 5.91 Å². The van der Waals surface area contributed by atoms with Gasteiger partial charge in [0, 0.05) is 48.2 Å². The zero-order valence-corrected chi connectivity index (χ0v) is 18.1. The summed E-state index contributed by atoms with van der Waals surface area (Å²) in [6.07, 6.45) is 6.44. The fourth-order valence-electron chi connectivity index (χ4n) is 4.92. The number of hydrogen-bond acceptors (Lipinski definition) is 3. The van der Waals surface area contributed by atoms with Gasteiger partial charge in [0.15, 0.2) is 0 Å². The molecule has 5 nitrogen and oxygen atoms in total. The third-order valence-corrected chi connectivity index (χ3v) is 7.08. The van der Waals surface area contributed by atoms with Crippen molar-refractivity contribution in [3.63, 3.8) is 0 Å². The Morgan fingerprint density at radius 2 is 1.57 bits per heavy atom. The molecule has 0 aromatic heterocycles. The van der Waals surface area contributed by atoms with E-state index in [9.17, 15) is 9.59 Å². The predicted molar refractivity (Wildman–Crippen MR) is 113 cm³/mol. The summed E-state index contributed by atoms with van der Waals surface area (Å²) in [6, 6.07) is 7.91. The van der Waals surface area contributed by atoms with Crippen LogP contribution >= 0.6 is 15.9 Å². The van der Waals surface area contributed by atoms with Crippen molar-refractivity contribution in [1.82, 2.24) is 14.7 Å². The molecule has 0 bridgehead atoms. The maximum atomic E-state index is 13.2. The van der Waals surface area contributed by atoms with Crippen LogP contribution in [0.4, 0.5) is 0 Å². The molecule has 3 saturated heterocycles. The Morgan fingerprint density at radius 3 is 2.25 bits per heavy atom. The van der Waals surface area contributed by atoms with Crippen LogP contribution in [0, 0.1) is 5.92 Å². The molecular formula is C22H30BrN3O2. The first-order valence-electron chi connectivity index (χ1n) is 10.7. The van der Waals surface area contributed by atoms with E-state index in [0.717, 1.165) is 48.8 Å². The van der Waals surface area contributed by atoms with Crippen LogP contribution in [-0.4, -0.2) is 71.8 Å². The fourth-order valence-corrected chi connectivity index (χ4v) is 5.18. The Morgan fingerprint density at radius 1 is 0.893 bits per heavy atom. The van der Waals surface area contributed by atoms with Crippen LogP contribution < -0.4 is 0 Å². The second kappa shape index (κ2) is 8.95. The summed E-state index contributed by atoms with van der Waals surface area (Å²) in [5, 5.41) is 0. The van der Waals surface area contributed by atoms with Crippen molar-refractivity contribution >= 4 is 27.7 Å². The molecule has 0 saturated carbocycles. The van der Waals surface area contributed by atoms with E-state index in [0.29, 0.717) is 25.0 Å². The van der Waals surface area contributed by atoms with Gasteiger partial charge in [-0.05, 0) is 75.9 Å². The van der Waals surface area contributed by atoms with Gasteiger partial charge in [-0.25, -0.2) is 0 Å². The zero-order valence-electron chi connectivity index (χ0n) is 16.5. The average molecular weight is 448 g/mol. The first kappa shape index (κ1) is 19.9. The molecule has 0 radical (unpaired) electrons. The first-order chi connectivity index (χ1) is 13.6. The van der Waals surface area contributed by atoms with Gasteiger partial charge in [0.2, 0.25) is 5.91 Å². The van der Waals surface area contributed by atoms with Crippen molar-refractivity contribution in [3.8, 4) is 0 Å². The third-order valence-electron chi connectivity index (χ3n) is 6.55. The van der Waals surface area contributed by atoms with Crippen molar-refractivity contribution in [2.24, 2.45) is 5.92 Å². The van der Waals surface area contributed by atoms with E-state index in [1.165, 1.54) is 25.9 Å². The first-order valence-corrected chi connectivity index (χ1v) is 11.5. The number of benzene rings is 1. The molecule has 1 unspecified atom stereocenters. The third kappa shape index (κ3) is 4.43.